The third-order valence-corrected chi connectivity index (χ3v) is 4.43. The molecule has 6 heteroatoms. The number of hydrogen-bond acceptors (Lipinski definition) is 5. The number of nitrogens with one attached hydrogen (secondary N) is 1. The fraction of sp³-hybridized carbons (Fsp3) is 0.455. The SMILES string of the molecule is CCOc1cc(Cl)cc(C(O)c2cccc(OC)c2OC)c1NCC(C)(C)C. The first kappa shape index (κ1) is 22.2. The molecule has 2 rings (SSSR count). The highest BCUT2D eigenvalue weighted by molar-refractivity contribution is 6.31. The van der Waals surface area contributed by atoms with E-state index in [0.717, 1.165) is 5.69 Å². The van der Waals surface area contributed by atoms with Gasteiger partial charge in [-0.2, -0.15) is 0 Å². The predicted molar refractivity (Wildman–Crippen MR) is 114 cm³/mol. The van der Waals surface area contributed by atoms with Crippen molar-refractivity contribution in [3.8, 4) is 17.2 Å². The van der Waals surface area contributed by atoms with Crippen molar-refractivity contribution in [3.63, 3.8) is 0 Å². The molecule has 0 heterocycles. The van der Waals surface area contributed by atoms with Gasteiger partial charge in [0, 0.05) is 28.8 Å². The van der Waals surface area contributed by atoms with E-state index in [4.69, 9.17) is 25.8 Å². The van der Waals surface area contributed by atoms with Gasteiger partial charge in [-0.25, -0.2) is 0 Å². The van der Waals surface area contributed by atoms with Crippen LogP contribution >= 0.6 is 11.6 Å². The highest BCUT2D eigenvalue weighted by Gasteiger charge is 2.25. The van der Waals surface area contributed by atoms with E-state index in [0.29, 0.717) is 46.5 Å². The quantitative estimate of drug-likeness (QED) is 0.622. The molecule has 28 heavy (non-hydrogen) atoms. The molecule has 0 amide bonds. The van der Waals surface area contributed by atoms with E-state index in [1.807, 2.05) is 13.0 Å². The second-order valence-electron chi connectivity index (χ2n) is 7.70. The molecule has 2 aromatic carbocycles. The third-order valence-electron chi connectivity index (χ3n) is 4.22. The van der Waals surface area contributed by atoms with Crippen LogP contribution in [0.3, 0.4) is 0 Å². The lowest BCUT2D eigenvalue weighted by Gasteiger charge is -2.25. The number of ether oxygens (including phenoxy) is 3. The molecular weight excluding hydrogens is 378 g/mol. The molecule has 2 aromatic rings. The van der Waals surface area contributed by atoms with Crippen molar-refractivity contribution in [3.05, 3.63) is 46.5 Å². The molecule has 0 bridgehead atoms. The van der Waals surface area contributed by atoms with Crippen LogP contribution in [0, 0.1) is 5.41 Å². The van der Waals surface area contributed by atoms with Crippen LogP contribution in [-0.4, -0.2) is 32.5 Å². The molecule has 0 aliphatic carbocycles. The molecule has 2 N–H and O–H groups in total. The Morgan fingerprint density at radius 2 is 1.79 bits per heavy atom. The Balaban J connectivity index is 2.59. The lowest BCUT2D eigenvalue weighted by molar-refractivity contribution is 0.213. The monoisotopic (exact) mass is 407 g/mol. The van der Waals surface area contributed by atoms with Gasteiger partial charge in [0.2, 0.25) is 0 Å². The van der Waals surface area contributed by atoms with Gasteiger partial charge in [-0.1, -0.05) is 44.5 Å². The standard InChI is InChI=1S/C22H30ClNO4/c1-7-28-18-12-14(23)11-16(19(18)24-13-22(2,3)4)20(25)15-9-8-10-17(26-5)21(15)27-6/h8-12,20,24-25H,7,13H2,1-6H3. The number of hydrogen-bond donors (Lipinski definition) is 2. The van der Waals surface area contributed by atoms with Crippen LogP contribution in [0.4, 0.5) is 5.69 Å². The zero-order chi connectivity index (χ0) is 20.9. The average molecular weight is 408 g/mol. The molecule has 0 spiro atoms. The Morgan fingerprint density at radius 3 is 2.36 bits per heavy atom. The second-order valence-corrected chi connectivity index (χ2v) is 8.14. The van der Waals surface area contributed by atoms with Crippen LogP contribution in [0.5, 0.6) is 17.2 Å². The van der Waals surface area contributed by atoms with Crippen LogP contribution in [0.15, 0.2) is 30.3 Å². The minimum Gasteiger partial charge on any atom is -0.493 e. The van der Waals surface area contributed by atoms with Crippen molar-refractivity contribution in [2.24, 2.45) is 5.41 Å². The first-order chi connectivity index (χ1) is 13.2. The Bertz CT molecular complexity index is 802. The van der Waals surface area contributed by atoms with Crippen LogP contribution in [-0.2, 0) is 0 Å². The summed E-state index contributed by atoms with van der Waals surface area (Å²) in [6.07, 6.45) is -0.981. The highest BCUT2D eigenvalue weighted by Crippen LogP contribution is 2.43. The molecule has 0 aromatic heterocycles. The largest absolute Gasteiger partial charge is 0.493 e. The van der Waals surface area contributed by atoms with E-state index in [2.05, 4.69) is 26.1 Å². The molecule has 1 unspecified atom stereocenters. The van der Waals surface area contributed by atoms with E-state index in [-0.39, 0.29) is 5.41 Å². The van der Waals surface area contributed by atoms with Crippen molar-refractivity contribution in [2.45, 2.75) is 33.8 Å². The number of rotatable bonds is 8. The number of para-hydroxylation sites is 1. The van der Waals surface area contributed by atoms with E-state index in [9.17, 15) is 5.11 Å². The number of anilines is 1. The van der Waals surface area contributed by atoms with Gasteiger partial charge >= 0.3 is 0 Å². The summed E-state index contributed by atoms with van der Waals surface area (Å²) in [5.74, 6) is 1.64. The fourth-order valence-corrected chi connectivity index (χ4v) is 3.14. The summed E-state index contributed by atoms with van der Waals surface area (Å²) >= 11 is 6.34. The van der Waals surface area contributed by atoms with E-state index < -0.39 is 6.10 Å². The zero-order valence-corrected chi connectivity index (χ0v) is 18.2. The molecule has 154 valence electrons. The third kappa shape index (κ3) is 5.24. The van der Waals surface area contributed by atoms with Crippen molar-refractivity contribution in [1.29, 1.82) is 0 Å². The van der Waals surface area contributed by atoms with Crippen LogP contribution in [0.2, 0.25) is 5.02 Å². The molecule has 0 saturated carbocycles. The van der Waals surface area contributed by atoms with Crippen molar-refractivity contribution in [2.75, 3.05) is 32.7 Å². The fourth-order valence-electron chi connectivity index (χ4n) is 2.92. The molecule has 5 nitrogen and oxygen atoms in total. The first-order valence-corrected chi connectivity index (χ1v) is 9.68. The van der Waals surface area contributed by atoms with Crippen molar-refractivity contribution >= 4 is 17.3 Å². The molecule has 1 atom stereocenters. The minimum atomic E-state index is -0.981. The maximum absolute atomic E-state index is 11.3. The van der Waals surface area contributed by atoms with Gasteiger partial charge < -0.3 is 24.6 Å². The molecule has 0 radical (unpaired) electrons. The maximum Gasteiger partial charge on any atom is 0.166 e. The minimum absolute atomic E-state index is 0.0407. The van der Waals surface area contributed by atoms with Gasteiger partial charge in [0.05, 0.1) is 26.5 Å². The Hall–Kier alpha value is -2.11. The number of benzene rings is 2. The normalized spacial score (nSPS) is 12.4. The molecule has 0 fully saturated rings. The van der Waals surface area contributed by atoms with Crippen molar-refractivity contribution in [1.82, 2.24) is 0 Å². The summed E-state index contributed by atoms with van der Waals surface area (Å²) in [4.78, 5) is 0. The van der Waals surface area contributed by atoms with Crippen LogP contribution in [0.1, 0.15) is 44.9 Å². The van der Waals surface area contributed by atoms with E-state index in [1.54, 1.807) is 38.5 Å². The smallest absolute Gasteiger partial charge is 0.166 e. The van der Waals surface area contributed by atoms with E-state index >= 15 is 0 Å². The predicted octanol–water partition coefficient (Wildman–Crippen LogP) is 5.30. The summed E-state index contributed by atoms with van der Waals surface area (Å²) in [5.41, 5.74) is 1.97. The number of aliphatic hydroxyl groups is 1. The maximum atomic E-state index is 11.3. The second kappa shape index (κ2) is 9.39. The van der Waals surface area contributed by atoms with Gasteiger partial charge in [0.15, 0.2) is 11.5 Å². The van der Waals surface area contributed by atoms with Gasteiger partial charge in [-0.3, -0.25) is 0 Å². The first-order valence-electron chi connectivity index (χ1n) is 9.31. The lowest BCUT2D eigenvalue weighted by Crippen LogP contribution is -2.21. The summed E-state index contributed by atoms with van der Waals surface area (Å²) in [6, 6.07) is 8.92. The number of methoxy groups -OCH3 is 2. The number of halogens is 1. The van der Waals surface area contributed by atoms with Crippen LogP contribution < -0.4 is 19.5 Å². The molecule has 0 saturated heterocycles. The molecule has 0 aliphatic rings. The molecular formula is C22H30ClNO4. The topological polar surface area (TPSA) is 60.0 Å². The van der Waals surface area contributed by atoms with Gasteiger partial charge in [0.25, 0.3) is 0 Å². The van der Waals surface area contributed by atoms with Gasteiger partial charge in [-0.15, -0.1) is 0 Å². The summed E-state index contributed by atoms with van der Waals surface area (Å²) in [6.45, 7) is 9.51. The van der Waals surface area contributed by atoms with Crippen molar-refractivity contribution < 1.29 is 19.3 Å². The Kier molecular flexibility index (Phi) is 7.44. The van der Waals surface area contributed by atoms with E-state index in [1.165, 1.54) is 0 Å². The summed E-state index contributed by atoms with van der Waals surface area (Å²) in [7, 11) is 3.12. The van der Waals surface area contributed by atoms with Crippen LogP contribution in [0.25, 0.3) is 0 Å². The summed E-state index contributed by atoms with van der Waals surface area (Å²) < 4.78 is 16.7. The number of aliphatic hydroxyl groups excluding tert-OH is 1. The zero-order valence-electron chi connectivity index (χ0n) is 17.4. The highest BCUT2D eigenvalue weighted by atomic mass is 35.5. The Labute approximate surface area is 172 Å². The summed E-state index contributed by atoms with van der Waals surface area (Å²) in [5, 5.41) is 15.2. The van der Waals surface area contributed by atoms with Gasteiger partial charge in [-0.05, 0) is 24.5 Å². The molecule has 0 aliphatic heterocycles. The van der Waals surface area contributed by atoms with Gasteiger partial charge in [0.1, 0.15) is 11.9 Å². The lowest BCUT2D eigenvalue weighted by atomic mass is 9.95. The Morgan fingerprint density at radius 1 is 1.07 bits per heavy atom. The average Bonchev–Trinajstić information content (AvgIpc) is 2.64.